The molecule has 0 aromatic heterocycles. The zero-order valence-electron chi connectivity index (χ0n) is 25.2. The van der Waals surface area contributed by atoms with Crippen molar-refractivity contribution in [3.05, 3.63) is 111 Å². The topological polar surface area (TPSA) is 90.7 Å². The summed E-state index contributed by atoms with van der Waals surface area (Å²) in [5, 5.41) is 12.2. The van der Waals surface area contributed by atoms with Crippen molar-refractivity contribution in [2.75, 3.05) is 39.5 Å². The van der Waals surface area contributed by atoms with Crippen LogP contribution in [0.25, 0.3) is 10.8 Å². The quantitative estimate of drug-likeness (QED) is 0.163. The van der Waals surface area contributed by atoms with Gasteiger partial charge < -0.3 is 14.0 Å². The number of rotatable bonds is 10. The van der Waals surface area contributed by atoms with Crippen LogP contribution in [0.3, 0.4) is 0 Å². The second-order valence-electron chi connectivity index (χ2n) is 11.7. The molecule has 0 N–H and O–H groups in total. The largest absolute Gasteiger partial charge is 0.383 e. The van der Waals surface area contributed by atoms with Gasteiger partial charge in [-0.05, 0) is 103 Å². The van der Waals surface area contributed by atoms with Crippen LogP contribution in [0.1, 0.15) is 58.1 Å². The first-order chi connectivity index (χ1) is 21.5. The Morgan fingerprint density at radius 1 is 1.02 bits per heavy atom. The van der Waals surface area contributed by atoms with E-state index in [4.69, 9.17) is 27.4 Å². The number of likely N-dealkylation sites (tertiary alicyclic amines) is 1. The molecule has 0 aliphatic carbocycles. The Morgan fingerprint density at radius 2 is 1.73 bits per heavy atom. The third-order valence-electron chi connectivity index (χ3n) is 8.46. The van der Waals surface area contributed by atoms with E-state index in [0.29, 0.717) is 39.4 Å². The fraction of sp³-hybridized carbons (Fsp3) is 0.314. The molecule has 4 aromatic carbocycles. The van der Waals surface area contributed by atoms with Crippen molar-refractivity contribution in [1.82, 2.24) is 9.80 Å². The molecule has 1 amide bonds. The molecule has 4 aromatic rings. The first-order valence-corrected chi connectivity index (χ1v) is 17.4. The summed E-state index contributed by atoms with van der Waals surface area (Å²) >= 11 is 12.7. The summed E-state index contributed by atoms with van der Waals surface area (Å²) in [7, 11) is -1.75. The lowest BCUT2D eigenvalue weighted by Crippen LogP contribution is -2.36. The van der Waals surface area contributed by atoms with Gasteiger partial charge in [-0.1, -0.05) is 65.7 Å². The summed E-state index contributed by atoms with van der Waals surface area (Å²) in [5.41, 5.74) is 3.16. The van der Waals surface area contributed by atoms with Crippen LogP contribution in [0.2, 0.25) is 10.0 Å². The summed E-state index contributed by atoms with van der Waals surface area (Å²) < 4.78 is 27.8. The highest BCUT2D eigenvalue weighted by atomic mass is 35.5. The first kappa shape index (κ1) is 32.8. The van der Waals surface area contributed by atoms with Gasteiger partial charge in [-0.25, -0.2) is 0 Å². The van der Waals surface area contributed by atoms with E-state index in [-0.39, 0.29) is 11.8 Å². The van der Waals surface area contributed by atoms with E-state index in [1.807, 2.05) is 48.5 Å². The van der Waals surface area contributed by atoms with E-state index in [1.54, 1.807) is 42.3 Å². The first-order valence-electron chi connectivity index (χ1n) is 14.9. The van der Waals surface area contributed by atoms with Crippen molar-refractivity contribution in [3.63, 3.8) is 0 Å². The molecule has 1 aliphatic rings. The predicted molar refractivity (Wildman–Crippen MR) is 180 cm³/mol. The Labute approximate surface area is 275 Å². The number of carbonyl (C=O) groups is 1. The summed E-state index contributed by atoms with van der Waals surface area (Å²) in [4.78, 5) is 18.0. The van der Waals surface area contributed by atoms with Gasteiger partial charge in [0, 0.05) is 25.1 Å². The van der Waals surface area contributed by atoms with Gasteiger partial charge in [-0.3, -0.25) is 4.79 Å². The second kappa shape index (κ2) is 14.2. The van der Waals surface area contributed by atoms with Crippen molar-refractivity contribution in [2.45, 2.75) is 31.1 Å². The minimum atomic E-state index is -3.55. The zero-order chi connectivity index (χ0) is 32.1. The van der Waals surface area contributed by atoms with E-state index in [1.165, 1.54) is 5.56 Å². The maximum Gasteiger partial charge on any atom is 0.306 e. The van der Waals surface area contributed by atoms with Crippen molar-refractivity contribution < 1.29 is 17.4 Å². The molecule has 10 heteroatoms. The van der Waals surface area contributed by atoms with Crippen molar-refractivity contribution in [3.8, 4) is 11.8 Å². The average Bonchev–Trinajstić information content (AvgIpc) is 3.03. The van der Waals surface area contributed by atoms with Gasteiger partial charge in [-0.2, -0.15) is 13.7 Å². The Hall–Kier alpha value is -3.61. The van der Waals surface area contributed by atoms with Gasteiger partial charge in [0.25, 0.3) is 5.91 Å². The van der Waals surface area contributed by atoms with Crippen LogP contribution in [0, 0.1) is 11.3 Å². The van der Waals surface area contributed by atoms with E-state index in [9.17, 15) is 18.5 Å². The van der Waals surface area contributed by atoms with Crippen LogP contribution < -0.4 is 4.18 Å². The number of halogens is 2. The molecule has 0 spiro atoms. The SMILES string of the molecule is CN(CC(CCN1CCC(c2ccc(OS(C)(=O)=O)cc2)CC1)c1ccc(Cl)c(Cl)c1)C(=O)c1cc(C#N)cc2ccccc12. The average molecular weight is 665 g/mol. The molecule has 7 nitrogen and oxygen atoms in total. The monoisotopic (exact) mass is 663 g/mol. The normalized spacial score (nSPS) is 15.0. The summed E-state index contributed by atoms with van der Waals surface area (Å²) in [6.45, 7) is 3.19. The van der Waals surface area contributed by atoms with Crippen LogP contribution in [0.15, 0.2) is 78.9 Å². The van der Waals surface area contributed by atoms with Gasteiger partial charge in [0.2, 0.25) is 0 Å². The molecule has 1 heterocycles. The lowest BCUT2D eigenvalue weighted by molar-refractivity contribution is 0.0783. The van der Waals surface area contributed by atoms with Crippen LogP contribution in [0.5, 0.6) is 5.75 Å². The highest BCUT2D eigenvalue weighted by Crippen LogP contribution is 2.32. The minimum absolute atomic E-state index is 0.0132. The Kier molecular flexibility index (Phi) is 10.4. The van der Waals surface area contributed by atoms with E-state index < -0.39 is 10.1 Å². The number of hydrogen-bond acceptors (Lipinski definition) is 6. The molecule has 5 rings (SSSR count). The molecule has 0 bridgehead atoms. The Morgan fingerprint density at radius 3 is 2.40 bits per heavy atom. The van der Waals surface area contributed by atoms with Gasteiger partial charge in [0.15, 0.2) is 0 Å². The number of carbonyl (C=O) groups excluding carboxylic acids is 1. The van der Waals surface area contributed by atoms with E-state index in [0.717, 1.165) is 61.5 Å². The van der Waals surface area contributed by atoms with Gasteiger partial charge >= 0.3 is 10.1 Å². The number of nitriles is 1. The number of hydrogen-bond donors (Lipinski definition) is 0. The van der Waals surface area contributed by atoms with Crippen LogP contribution >= 0.6 is 23.2 Å². The minimum Gasteiger partial charge on any atom is -0.383 e. The maximum atomic E-state index is 13.8. The number of piperidine rings is 1. The standard InChI is InChI=1S/C35H35Cl2N3O4S/c1-39(35(41)32-20-24(22-38)19-28-5-3-4-6-31(28)32)23-29(27-9-12-33(36)34(37)21-27)15-18-40-16-13-26(14-17-40)25-7-10-30(11-8-25)44-45(2,42)43/h3-12,19-21,26,29H,13-18,23H2,1-2H3. The molecular formula is C35H35Cl2N3O4S. The van der Waals surface area contributed by atoms with Crippen LogP contribution in [-0.4, -0.2) is 63.6 Å². The van der Waals surface area contributed by atoms with Crippen molar-refractivity contribution in [1.29, 1.82) is 5.26 Å². The summed E-state index contributed by atoms with van der Waals surface area (Å²) in [6.07, 6.45) is 3.83. The molecule has 0 radical (unpaired) electrons. The van der Waals surface area contributed by atoms with Gasteiger partial charge in [0.05, 0.1) is 27.9 Å². The number of benzene rings is 4. The Bertz CT molecular complexity index is 1830. The molecule has 1 atom stereocenters. The third-order valence-corrected chi connectivity index (χ3v) is 9.69. The number of nitrogens with zero attached hydrogens (tertiary/aromatic N) is 3. The van der Waals surface area contributed by atoms with Gasteiger partial charge in [-0.15, -0.1) is 0 Å². The molecule has 1 fully saturated rings. The number of fused-ring (bicyclic) bond motifs is 1. The third kappa shape index (κ3) is 8.36. The van der Waals surface area contributed by atoms with Gasteiger partial charge in [0.1, 0.15) is 5.75 Å². The molecule has 1 unspecified atom stereocenters. The lowest BCUT2D eigenvalue weighted by atomic mass is 9.88. The van der Waals surface area contributed by atoms with Crippen LogP contribution in [0.4, 0.5) is 0 Å². The lowest BCUT2D eigenvalue weighted by Gasteiger charge is -2.34. The fourth-order valence-corrected chi connectivity index (χ4v) is 6.87. The smallest absolute Gasteiger partial charge is 0.306 e. The van der Waals surface area contributed by atoms with Crippen molar-refractivity contribution in [2.24, 2.45) is 0 Å². The van der Waals surface area contributed by atoms with E-state index >= 15 is 0 Å². The summed E-state index contributed by atoms with van der Waals surface area (Å²) in [6, 6.07) is 26.3. The highest BCUT2D eigenvalue weighted by Gasteiger charge is 2.25. The van der Waals surface area contributed by atoms with Crippen molar-refractivity contribution >= 4 is 50.0 Å². The molecular weight excluding hydrogens is 629 g/mol. The van der Waals surface area contributed by atoms with Crippen LogP contribution in [-0.2, 0) is 10.1 Å². The fourth-order valence-electron chi connectivity index (χ4n) is 6.10. The molecule has 0 saturated carbocycles. The number of likely N-dealkylation sites (N-methyl/N-ethyl adjacent to an activating group) is 1. The molecule has 1 aliphatic heterocycles. The summed E-state index contributed by atoms with van der Waals surface area (Å²) in [5.74, 6) is 0.588. The molecule has 1 saturated heterocycles. The Balaban J connectivity index is 1.26. The number of amides is 1. The van der Waals surface area contributed by atoms with E-state index in [2.05, 4.69) is 11.0 Å². The second-order valence-corrected chi connectivity index (χ2v) is 14.1. The maximum absolute atomic E-state index is 13.8. The highest BCUT2D eigenvalue weighted by molar-refractivity contribution is 7.86. The molecule has 234 valence electrons. The zero-order valence-corrected chi connectivity index (χ0v) is 27.6. The molecule has 45 heavy (non-hydrogen) atoms. The predicted octanol–water partition coefficient (Wildman–Crippen LogP) is 7.48.